The highest BCUT2D eigenvalue weighted by molar-refractivity contribution is 8.34. The summed E-state index contributed by atoms with van der Waals surface area (Å²) in [5, 5.41) is 11.8. The third-order valence-corrected chi connectivity index (χ3v) is 12.7. The van der Waals surface area contributed by atoms with Crippen molar-refractivity contribution < 1.29 is 0 Å². The van der Waals surface area contributed by atoms with E-state index in [0.717, 1.165) is 27.5 Å². The van der Waals surface area contributed by atoms with Crippen LogP contribution in [0.15, 0.2) is 202 Å². The quantitative estimate of drug-likeness (QED) is 0.185. The van der Waals surface area contributed by atoms with Gasteiger partial charge in [0.2, 0.25) is 0 Å². The molecule has 0 bridgehead atoms. The van der Waals surface area contributed by atoms with Crippen molar-refractivity contribution in [2.75, 3.05) is 0 Å². The maximum absolute atomic E-state index is 9.51. The Morgan fingerprint density at radius 3 is 1.41 bits per heavy atom. The van der Waals surface area contributed by atoms with Crippen LogP contribution in [0.2, 0.25) is 0 Å². The molecule has 0 amide bonds. The smallest absolute Gasteiger partial charge is 0.0991 e. The van der Waals surface area contributed by atoms with Gasteiger partial charge < -0.3 is 4.57 Å². The number of fused-ring (bicyclic) bond motifs is 3. The van der Waals surface area contributed by atoms with Gasteiger partial charge in [0.1, 0.15) is 0 Å². The summed E-state index contributed by atoms with van der Waals surface area (Å²) < 4.78 is 2.29. The van der Waals surface area contributed by atoms with E-state index in [4.69, 9.17) is 0 Å². The van der Waals surface area contributed by atoms with E-state index >= 15 is 0 Å². The number of rotatable bonds is 6. The molecule has 8 rings (SSSR count). The molecule has 0 aliphatic rings. The third kappa shape index (κ3) is 4.51. The molecule has 0 saturated heterocycles. The molecule has 8 aromatic rings. The molecule has 7 aromatic carbocycles. The monoisotopic (exact) mass is 606 g/mol. The Kier molecular flexibility index (Phi) is 6.99. The fraction of sp³-hybridized carbons (Fsp3) is 0. The molecule has 1 heterocycles. The number of benzene rings is 7. The Labute approximate surface area is 270 Å². The molecule has 1 aromatic heterocycles. The first-order valence-electron chi connectivity index (χ1n) is 15.4. The normalized spacial score (nSPS) is 11.8. The zero-order valence-electron chi connectivity index (χ0n) is 25.1. The van der Waals surface area contributed by atoms with Crippen LogP contribution in [0, 0.1) is 11.3 Å². The molecule has 0 radical (unpaired) electrons. The molecule has 0 aliphatic carbocycles. The molecule has 0 fully saturated rings. The molecule has 0 N–H and O–H groups in total. The van der Waals surface area contributed by atoms with Crippen LogP contribution >= 0.6 is 10.0 Å². The highest BCUT2D eigenvalue weighted by Gasteiger charge is 2.33. The average molecular weight is 607 g/mol. The van der Waals surface area contributed by atoms with Crippen molar-refractivity contribution in [2.45, 2.75) is 19.6 Å². The van der Waals surface area contributed by atoms with Gasteiger partial charge in [-0.15, -0.1) is 10.0 Å². The maximum atomic E-state index is 9.51. The fourth-order valence-corrected chi connectivity index (χ4v) is 10.5. The summed E-state index contributed by atoms with van der Waals surface area (Å²) in [5.41, 5.74) is 6.34. The predicted octanol–water partition coefficient (Wildman–Crippen LogP) is 11.7. The molecule has 0 aliphatic heterocycles. The number of nitriles is 1. The first-order valence-corrected chi connectivity index (χ1v) is 17.0. The van der Waals surface area contributed by atoms with Crippen molar-refractivity contribution in [1.82, 2.24) is 4.57 Å². The minimum atomic E-state index is -1.72. The van der Waals surface area contributed by atoms with Crippen LogP contribution in [0.1, 0.15) is 5.56 Å². The third-order valence-electron chi connectivity index (χ3n) is 8.76. The molecule has 46 heavy (non-hydrogen) atoms. The molecule has 3 heteroatoms. The summed E-state index contributed by atoms with van der Waals surface area (Å²) >= 11 is 0. The van der Waals surface area contributed by atoms with E-state index in [-0.39, 0.29) is 0 Å². The van der Waals surface area contributed by atoms with Gasteiger partial charge in [0.25, 0.3) is 0 Å². The van der Waals surface area contributed by atoms with Crippen LogP contribution in [0.4, 0.5) is 0 Å². The van der Waals surface area contributed by atoms with Gasteiger partial charge in [0.15, 0.2) is 0 Å². The largest absolute Gasteiger partial charge is 0.309 e. The average Bonchev–Trinajstić information content (AvgIpc) is 3.47. The van der Waals surface area contributed by atoms with E-state index in [2.05, 4.69) is 180 Å². The van der Waals surface area contributed by atoms with Gasteiger partial charge in [-0.05, 0) is 96.1 Å². The van der Waals surface area contributed by atoms with Crippen LogP contribution in [0.25, 0.3) is 38.6 Å². The molecule has 0 spiro atoms. The molecule has 0 saturated carbocycles. The topological polar surface area (TPSA) is 28.7 Å². The maximum Gasteiger partial charge on any atom is 0.0991 e. The first-order chi connectivity index (χ1) is 22.8. The second kappa shape index (κ2) is 11.6. The van der Waals surface area contributed by atoms with Crippen molar-refractivity contribution >= 4 is 31.8 Å². The van der Waals surface area contributed by atoms with Crippen LogP contribution in [-0.2, 0) is 0 Å². The summed E-state index contributed by atoms with van der Waals surface area (Å²) in [6.45, 7) is 0. The Hall–Kier alpha value is -5.82. The van der Waals surface area contributed by atoms with Gasteiger partial charge in [-0.1, -0.05) is 97.1 Å². The van der Waals surface area contributed by atoms with E-state index in [9.17, 15) is 5.26 Å². The van der Waals surface area contributed by atoms with Crippen molar-refractivity contribution in [3.05, 3.63) is 188 Å². The summed E-state index contributed by atoms with van der Waals surface area (Å²) in [6.07, 6.45) is 0. The first kappa shape index (κ1) is 27.7. The fourth-order valence-electron chi connectivity index (χ4n) is 6.67. The van der Waals surface area contributed by atoms with Crippen LogP contribution in [-0.4, -0.2) is 4.57 Å². The molecule has 0 atom stereocenters. The summed E-state index contributed by atoms with van der Waals surface area (Å²) in [6, 6.07) is 67.5. The van der Waals surface area contributed by atoms with E-state index in [1.54, 1.807) is 0 Å². The van der Waals surface area contributed by atoms with Crippen LogP contribution < -0.4 is 0 Å². The number of para-hydroxylation sites is 1. The van der Waals surface area contributed by atoms with Gasteiger partial charge in [-0.2, -0.15) is 5.26 Å². The van der Waals surface area contributed by atoms with E-state index < -0.39 is 10.0 Å². The van der Waals surface area contributed by atoms with Crippen molar-refractivity contribution in [3.8, 4) is 22.9 Å². The second-order valence-corrected chi connectivity index (χ2v) is 14.4. The lowest BCUT2D eigenvalue weighted by atomic mass is 10.1. The predicted molar refractivity (Wildman–Crippen MR) is 191 cm³/mol. The minimum absolute atomic E-state index is 0.673. The van der Waals surface area contributed by atoms with E-state index in [1.807, 2.05) is 12.1 Å². The van der Waals surface area contributed by atoms with Gasteiger partial charge in [-0.25, -0.2) is 0 Å². The number of hydrogen-bond acceptors (Lipinski definition) is 1. The highest BCUT2D eigenvalue weighted by atomic mass is 32.3. The molecule has 218 valence electrons. The van der Waals surface area contributed by atoms with E-state index in [0.29, 0.717) is 5.56 Å². The zero-order chi connectivity index (χ0) is 30.9. The SMILES string of the molecule is N#Cc1ccc2c(c1)c1ccccc1n2-c1ccc(-c2ccc(S(c3ccccc3)(c3ccccc3)c3ccccc3)cc2)cc1. The Morgan fingerprint density at radius 2 is 0.870 bits per heavy atom. The van der Waals surface area contributed by atoms with Gasteiger partial charge >= 0.3 is 0 Å². The molecular weight excluding hydrogens is 577 g/mol. The minimum Gasteiger partial charge on any atom is -0.309 e. The Balaban J connectivity index is 1.22. The number of nitrogens with zero attached hydrogens (tertiary/aromatic N) is 2. The molecule has 0 unspecified atom stereocenters. The van der Waals surface area contributed by atoms with Gasteiger partial charge in [0, 0.05) is 36.0 Å². The lowest BCUT2D eigenvalue weighted by molar-refractivity contribution is 1.18. The van der Waals surface area contributed by atoms with Crippen molar-refractivity contribution in [3.63, 3.8) is 0 Å². The second-order valence-electron chi connectivity index (χ2n) is 11.3. The summed E-state index contributed by atoms with van der Waals surface area (Å²) in [7, 11) is -1.72. The van der Waals surface area contributed by atoms with Crippen molar-refractivity contribution in [2.24, 2.45) is 0 Å². The Morgan fingerprint density at radius 1 is 0.413 bits per heavy atom. The zero-order valence-corrected chi connectivity index (χ0v) is 25.9. The number of hydrogen-bond donors (Lipinski definition) is 0. The van der Waals surface area contributed by atoms with Crippen molar-refractivity contribution in [1.29, 1.82) is 5.26 Å². The van der Waals surface area contributed by atoms with Crippen LogP contribution in [0.3, 0.4) is 0 Å². The molecule has 2 nitrogen and oxygen atoms in total. The number of aromatic nitrogens is 1. The Bertz CT molecular complexity index is 2240. The van der Waals surface area contributed by atoms with Gasteiger partial charge in [0.05, 0.1) is 22.7 Å². The van der Waals surface area contributed by atoms with E-state index in [1.165, 1.54) is 30.7 Å². The highest BCUT2D eigenvalue weighted by Crippen LogP contribution is 2.73. The lowest BCUT2D eigenvalue weighted by Crippen LogP contribution is -2.05. The lowest BCUT2D eigenvalue weighted by Gasteiger charge is -2.42. The van der Waals surface area contributed by atoms with Gasteiger partial charge in [-0.3, -0.25) is 0 Å². The summed E-state index contributed by atoms with van der Waals surface area (Å²) in [5.74, 6) is 0. The standard InChI is InChI=1S/C43H30N2S/c44-31-32-20-29-43-41(30-32)40-18-10-11-19-42(40)45(43)35-25-21-33(22-26-35)34-23-27-39(28-24-34)46(36-12-4-1-5-13-36,37-14-6-2-7-15-37)38-16-8-3-9-17-38/h1-30H. The molecular formula is C43H30N2S. The van der Waals surface area contributed by atoms with Crippen LogP contribution in [0.5, 0.6) is 0 Å². The summed E-state index contributed by atoms with van der Waals surface area (Å²) in [4.78, 5) is 5.26.